The Balaban J connectivity index is 2.26. The van der Waals surface area contributed by atoms with Gasteiger partial charge >= 0.3 is 0 Å². The van der Waals surface area contributed by atoms with E-state index in [1.54, 1.807) is 12.1 Å². The second-order valence-corrected chi connectivity index (χ2v) is 3.76. The van der Waals surface area contributed by atoms with Crippen LogP contribution >= 0.6 is 11.6 Å². The maximum absolute atomic E-state index is 13.3. The van der Waals surface area contributed by atoms with Gasteiger partial charge in [0.1, 0.15) is 5.82 Å². The minimum absolute atomic E-state index is 0.124. The molecule has 3 nitrogen and oxygen atoms in total. The summed E-state index contributed by atoms with van der Waals surface area (Å²) in [5, 5.41) is 15.0. The normalized spacial score (nSPS) is 10.7. The van der Waals surface area contributed by atoms with Gasteiger partial charge in [-0.1, -0.05) is 17.7 Å². The summed E-state index contributed by atoms with van der Waals surface area (Å²) in [7, 11) is 0. The highest BCUT2D eigenvalue weighted by Crippen LogP contribution is 2.18. The van der Waals surface area contributed by atoms with E-state index in [0.29, 0.717) is 30.2 Å². The predicted molar refractivity (Wildman–Crippen MR) is 63.1 cm³/mol. The number of nitrogens with one attached hydrogen (secondary N) is 2. The zero-order valence-electron chi connectivity index (χ0n) is 8.97. The van der Waals surface area contributed by atoms with Crippen molar-refractivity contribution >= 4 is 11.6 Å². The zero-order chi connectivity index (χ0) is 11.8. The summed E-state index contributed by atoms with van der Waals surface area (Å²) >= 11 is 5.86. The molecule has 0 saturated heterocycles. The fraction of sp³-hybridized carbons (Fsp3) is 0.455. The van der Waals surface area contributed by atoms with Crippen LogP contribution in [0.4, 0.5) is 4.39 Å². The standard InChI is InChI=1S/C11H16ClFN2O/c12-10-2-1-3-11(13)9(10)8-15-5-4-14-6-7-16/h1-3,14-16H,4-8H2. The third kappa shape index (κ3) is 4.45. The molecule has 0 saturated carbocycles. The van der Waals surface area contributed by atoms with Gasteiger partial charge in [-0.05, 0) is 12.1 Å². The molecule has 0 amide bonds. The lowest BCUT2D eigenvalue weighted by atomic mass is 10.2. The summed E-state index contributed by atoms with van der Waals surface area (Å²) in [5.74, 6) is -0.289. The quantitative estimate of drug-likeness (QED) is 0.633. The SMILES string of the molecule is OCCNCCNCc1c(F)cccc1Cl. The van der Waals surface area contributed by atoms with Crippen molar-refractivity contribution < 1.29 is 9.50 Å². The highest BCUT2D eigenvalue weighted by molar-refractivity contribution is 6.31. The van der Waals surface area contributed by atoms with Gasteiger partial charge in [0.05, 0.1) is 6.61 Å². The number of benzene rings is 1. The van der Waals surface area contributed by atoms with E-state index in [9.17, 15) is 4.39 Å². The van der Waals surface area contributed by atoms with Crippen LogP contribution in [-0.4, -0.2) is 31.3 Å². The van der Waals surface area contributed by atoms with Gasteiger partial charge in [0.15, 0.2) is 0 Å². The zero-order valence-corrected chi connectivity index (χ0v) is 9.73. The van der Waals surface area contributed by atoms with Crippen molar-refractivity contribution in [3.63, 3.8) is 0 Å². The molecule has 0 aromatic heterocycles. The molecule has 0 radical (unpaired) electrons. The minimum atomic E-state index is -0.289. The maximum Gasteiger partial charge on any atom is 0.129 e. The van der Waals surface area contributed by atoms with E-state index in [4.69, 9.17) is 16.7 Å². The second-order valence-electron chi connectivity index (χ2n) is 3.35. The summed E-state index contributed by atoms with van der Waals surface area (Å²) in [6, 6.07) is 4.66. The summed E-state index contributed by atoms with van der Waals surface area (Å²) in [5.41, 5.74) is 0.492. The molecule has 0 aliphatic carbocycles. The van der Waals surface area contributed by atoms with Gasteiger partial charge in [0.25, 0.3) is 0 Å². The van der Waals surface area contributed by atoms with E-state index in [2.05, 4.69) is 10.6 Å². The van der Waals surface area contributed by atoms with Crippen LogP contribution < -0.4 is 10.6 Å². The fourth-order valence-corrected chi connectivity index (χ4v) is 1.53. The Morgan fingerprint density at radius 1 is 1.19 bits per heavy atom. The van der Waals surface area contributed by atoms with Gasteiger partial charge in [-0.15, -0.1) is 0 Å². The van der Waals surface area contributed by atoms with Crippen molar-refractivity contribution in [2.75, 3.05) is 26.2 Å². The average Bonchev–Trinajstić information content (AvgIpc) is 2.26. The molecule has 0 unspecified atom stereocenters. The molecule has 0 heterocycles. The molecule has 90 valence electrons. The number of halogens is 2. The van der Waals surface area contributed by atoms with E-state index >= 15 is 0 Å². The molecule has 1 aromatic rings. The third-order valence-electron chi connectivity index (χ3n) is 2.13. The Kier molecular flexibility index (Phi) is 6.33. The van der Waals surface area contributed by atoms with Crippen LogP contribution in [0.5, 0.6) is 0 Å². The molecule has 5 heteroatoms. The van der Waals surface area contributed by atoms with Gasteiger partial charge < -0.3 is 15.7 Å². The number of hydrogen-bond acceptors (Lipinski definition) is 3. The maximum atomic E-state index is 13.3. The number of aliphatic hydroxyl groups is 1. The predicted octanol–water partition coefficient (Wildman–Crippen LogP) is 1.15. The molecule has 0 aliphatic rings. The number of aliphatic hydroxyl groups excluding tert-OH is 1. The molecule has 0 spiro atoms. The van der Waals surface area contributed by atoms with Crippen molar-refractivity contribution in [2.45, 2.75) is 6.54 Å². The van der Waals surface area contributed by atoms with Crippen molar-refractivity contribution in [1.82, 2.24) is 10.6 Å². The van der Waals surface area contributed by atoms with Crippen molar-refractivity contribution in [3.8, 4) is 0 Å². The lowest BCUT2D eigenvalue weighted by Crippen LogP contribution is -2.29. The highest BCUT2D eigenvalue weighted by Gasteiger charge is 2.05. The molecule has 1 aromatic carbocycles. The van der Waals surface area contributed by atoms with Gasteiger partial charge in [-0.25, -0.2) is 4.39 Å². The molecule has 16 heavy (non-hydrogen) atoms. The van der Waals surface area contributed by atoms with Gasteiger partial charge in [0, 0.05) is 36.8 Å². The Morgan fingerprint density at radius 2 is 1.94 bits per heavy atom. The monoisotopic (exact) mass is 246 g/mol. The van der Waals surface area contributed by atoms with Gasteiger partial charge in [-0.3, -0.25) is 0 Å². The lowest BCUT2D eigenvalue weighted by Gasteiger charge is -2.08. The van der Waals surface area contributed by atoms with Crippen LogP contribution in [-0.2, 0) is 6.54 Å². The average molecular weight is 247 g/mol. The van der Waals surface area contributed by atoms with Gasteiger partial charge in [-0.2, -0.15) is 0 Å². The Hall–Kier alpha value is -0.680. The first-order chi connectivity index (χ1) is 7.75. The number of rotatable bonds is 7. The topological polar surface area (TPSA) is 44.3 Å². The Labute approximate surface area is 99.6 Å². The second kappa shape index (κ2) is 7.57. The fourth-order valence-electron chi connectivity index (χ4n) is 1.30. The molecule has 0 aliphatic heterocycles. The van der Waals surface area contributed by atoms with Crippen LogP contribution in [0.2, 0.25) is 5.02 Å². The Bertz CT molecular complexity index is 303. The first-order valence-corrected chi connectivity index (χ1v) is 5.58. The highest BCUT2D eigenvalue weighted by atomic mass is 35.5. The molecule has 3 N–H and O–H groups in total. The van der Waals surface area contributed by atoms with E-state index in [-0.39, 0.29) is 12.4 Å². The smallest absolute Gasteiger partial charge is 0.129 e. The van der Waals surface area contributed by atoms with E-state index < -0.39 is 0 Å². The van der Waals surface area contributed by atoms with Crippen LogP contribution in [0, 0.1) is 5.82 Å². The van der Waals surface area contributed by atoms with Gasteiger partial charge in [0.2, 0.25) is 0 Å². The van der Waals surface area contributed by atoms with Crippen LogP contribution in [0.3, 0.4) is 0 Å². The van der Waals surface area contributed by atoms with Crippen LogP contribution in [0.1, 0.15) is 5.56 Å². The van der Waals surface area contributed by atoms with E-state index in [1.165, 1.54) is 6.07 Å². The first kappa shape index (κ1) is 13.4. The lowest BCUT2D eigenvalue weighted by molar-refractivity contribution is 0.292. The summed E-state index contributed by atoms with van der Waals surface area (Å²) in [6.07, 6.45) is 0. The minimum Gasteiger partial charge on any atom is -0.395 e. The first-order valence-electron chi connectivity index (χ1n) is 5.21. The summed E-state index contributed by atoms with van der Waals surface area (Å²) in [6.45, 7) is 2.53. The van der Waals surface area contributed by atoms with Crippen molar-refractivity contribution in [1.29, 1.82) is 0 Å². The molecule has 0 atom stereocenters. The molecular formula is C11H16ClFN2O. The molecule has 0 fully saturated rings. The van der Waals surface area contributed by atoms with E-state index in [0.717, 1.165) is 6.54 Å². The largest absolute Gasteiger partial charge is 0.395 e. The van der Waals surface area contributed by atoms with Crippen molar-refractivity contribution in [2.24, 2.45) is 0 Å². The molecule has 0 bridgehead atoms. The summed E-state index contributed by atoms with van der Waals surface area (Å²) in [4.78, 5) is 0. The van der Waals surface area contributed by atoms with Crippen molar-refractivity contribution in [3.05, 3.63) is 34.6 Å². The Morgan fingerprint density at radius 3 is 2.62 bits per heavy atom. The molecule has 1 rings (SSSR count). The third-order valence-corrected chi connectivity index (χ3v) is 2.48. The summed E-state index contributed by atoms with van der Waals surface area (Å²) < 4.78 is 13.3. The molecular weight excluding hydrogens is 231 g/mol. The number of hydrogen-bond donors (Lipinski definition) is 3. The van der Waals surface area contributed by atoms with Crippen LogP contribution in [0.25, 0.3) is 0 Å². The van der Waals surface area contributed by atoms with Crippen LogP contribution in [0.15, 0.2) is 18.2 Å². The van der Waals surface area contributed by atoms with E-state index in [1.807, 2.05) is 0 Å².